The fourth-order valence-electron chi connectivity index (χ4n) is 1.72. The number of sulfonamides is 1. The summed E-state index contributed by atoms with van der Waals surface area (Å²) in [6.07, 6.45) is 0. The van der Waals surface area contributed by atoms with Gasteiger partial charge in [-0.25, -0.2) is 13.1 Å². The topological polar surface area (TPSA) is 116 Å². The van der Waals surface area contributed by atoms with Crippen molar-refractivity contribution < 1.29 is 17.9 Å². The fourth-order valence-corrected chi connectivity index (χ4v) is 2.66. The summed E-state index contributed by atoms with van der Waals surface area (Å²) in [6, 6.07) is 7.28. The second-order valence-corrected chi connectivity index (χ2v) is 6.09. The largest absolute Gasteiger partial charge is 0.478 e. The first-order chi connectivity index (χ1) is 10.9. The molecule has 2 aromatic rings. The molecular weight excluding hydrogens is 320 g/mol. The van der Waals surface area contributed by atoms with Crippen molar-refractivity contribution in [2.75, 3.05) is 23.7 Å². The van der Waals surface area contributed by atoms with Gasteiger partial charge in [0.25, 0.3) is 10.0 Å². The molecule has 0 saturated heterocycles. The predicted octanol–water partition coefficient (Wildman–Crippen LogP) is 1.66. The molecule has 124 valence electrons. The molecule has 0 saturated carbocycles. The first-order valence-electron chi connectivity index (χ1n) is 6.97. The number of nitrogens with two attached hydrogens (primary N) is 1. The number of nitrogen functional groups attached to an aromatic ring is 1. The van der Waals surface area contributed by atoms with Crippen LogP contribution < -0.4 is 19.9 Å². The van der Waals surface area contributed by atoms with Gasteiger partial charge in [0.15, 0.2) is 0 Å². The third-order valence-corrected chi connectivity index (χ3v) is 4.02. The van der Waals surface area contributed by atoms with Gasteiger partial charge in [-0.3, -0.25) is 0 Å². The Morgan fingerprint density at radius 3 is 2.04 bits per heavy atom. The molecule has 9 heteroatoms. The van der Waals surface area contributed by atoms with E-state index >= 15 is 0 Å². The summed E-state index contributed by atoms with van der Waals surface area (Å²) in [5, 5.41) is 0. The Balaban J connectivity index is 2.31. The second kappa shape index (κ2) is 7.14. The Morgan fingerprint density at radius 1 is 1.04 bits per heavy atom. The van der Waals surface area contributed by atoms with E-state index in [1.807, 2.05) is 0 Å². The minimum absolute atomic E-state index is 0.0510. The first kappa shape index (κ1) is 16.8. The molecule has 1 aromatic carbocycles. The molecule has 0 radical (unpaired) electrons. The van der Waals surface area contributed by atoms with Gasteiger partial charge >= 0.3 is 0 Å². The molecule has 2 rings (SSSR count). The van der Waals surface area contributed by atoms with Gasteiger partial charge in [-0.15, -0.1) is 0 Å². The Morgan fingerprint density at radius 2 is 1.57 bits per heavy atom. The van der Waals surface area contributed by atoms with Gasteiger partial charge < -0.3 is 15.2 Å². The van der Waals surface area contributed by atoms with Crippen molar-refractivity contribution in [2.45, 2.75) is 18.7 Å². The zero-order valence-corrected chi connectivity index (χ0v) is 13.6. The maximum absolute atomic E-state index is 12.3. The number of rotatable bonds is 7. The average Bonchev–Trinajstić information content (AvgIpc) is 2.47. The van der Waals surface area contributed by atoms with Crippen molar-refractivity contribution in [3.63, 3.8) is 0 Å². The maximum Gasteiger partial charge on any atom is 0.264 e. The van der Waals surface area contributed by atoms with Crippen LogP contribution in [0.25, 0.3) is 0 Å². The summed E-state index contributed by atoms with van der Waals surface area (Å²) >= 11 is 0. The van der Waals surface area contributed by atoms with E-state index in [0.29, 0.717) is 18.9 Å². The highest BCUT2D eigenvalue weighted by atomic mass is 32.2. The third-order valence-electron chi connectivity index (χ3n) is 2.68. The van der Waals surface area contributed by atoms with Crippen LogP contribution in [0.4, 0.5) is 11.6 Å². The quantitative estimate of drug-likeness (QED) is 0.737. The third kappa shape index (κ3) is 4.46. The number of nitrogens with zero attached hydrogens (tertiary/aromatic N) is 2. The van der Waals surface area contributed by atoms with Gasteiger partial charge in [0, 0.05) is 5.69 Å². The molecule has 0 unspecified atom stereocenters. The van der Waals surface area contributed by atoms with E-state index in [1.54, 1.807) is 13.8 Å². The standard InChI is InChI=1S/C14H18N4O4S/c1-3-21-12-9-13(22-4-2)17-14(16-12)18-23(19,20)11-7-5-10(15)6-8-11/h5-9H,3-4,15H2,1-2H3,(H,16,17,18). The van der Waals surface area contributed by atoms with Gasteiger partial charge in [0.05, 0.1) is 24.2 Å². The Bertz CT molecular complexity index is 739. The monoisotopic (exact) mass is 338 g/mol. The van der Waals surface area contributed by atoms with E-state index in [4.69, 9.17) is 15.2 Å². The number of anilines is 2. The van der Waals surface area contributed by atoms with Crippen LogP contribution in [0.15, 0.2) is 35.2 Å². The summed E-state index contributed by atoms with van der Waals surface area (Å²) < 4.78 is 37.6. The van der Waals surface area contributed by atoms with Crippen molar-refractivity contribution in [1.29, 1.82) is 0 Å². The highest BCUT2D eigenvalue weighted by Crippen LogP contribution is 2.21. The van der Waals surface area contributed by atoms with Crippen molar-refractivity contribution in [3.05, 3.63) is 30.3 Å². The Hall–Kier alpha value is -2.55. The van der Waals surface area contributed by atoms with E-state index < -0.39 is 10.0 Å². The molecule has 0 amide bonds. The van der Waals surface area contributed by atoms with Crippen LogP contribution in [-0.2, 0) is 10.0 Å². The van der Waals surface area contributed by atoms with Gasteiger partial charge in [0.2, 0.25) is 17.7 Å². The Labute approximate surface area is 134 Å². The molecule has 3 N–H and O–H groups in total. The summed E-state index contributed by atoms with van der Waals surface area (Å²) in [5.74, 6) is 0.318. The van der Waals surface area contributed by atoms with E-state index in [2.05, 4.69) is 14.7 Å². The molecule has 0 atom stereocenters. The molecule has 1 aromatic heterocycles. The SMILES string of the molecule is CCOc1cc(OCC)nc(NS(=O)(=O)c2ccc(N)cc2)n1. The fraction of sp³-hybridized carbons (Fsp3) is 0.286. The minimum atomic E-state index is -3.84. The molecule has 23 heavy (non-hydrogen) atoms. The second-order valence-electron chi connectivity index (χ2n) is 4.41. The first-order valence-corrected chi connectivity index (χ1v) is 8.46. The lowest BCUT2D eigenvalue weighted by Gasteiger charge is -2.10. The molecule has 8 nitrogen and oxygen atoms in total. The molecule has 1 heterocycles. The van der Waals surface area contributed by atoms with Crippen LogP contribution >= 0.6 is 0 Å². The predicted molar refractivity (Wildman–Crippen MR) is 86.0 cm³/mol. The molecule has 0 fully saturated rings. The van der Waals surface area contributed by atoms with Gasteiger partial charge in [-0.05, 0) is 38.1 Å². The van der Waals surface area contributed by atoms with Gasteiger partial charge in [0.1, 0.15) is 0 Å². The summed E-state index contributed by atoms with van der Waals surface area (Å²) in [7, 11) is -3.84. The molecular formula is C14H18N4O4S. The highest BCUT2D eigenvalue weighted by molar-refractivity contribution is 7.92. The summed E-state index contributed by atoms with van der Waals surface area (Å²) in [4.78, 5) is 8.06. The lowest BCUT2D eigenvalue weighted by atomic mass is 10.3. The Kier molecular flexibility index (Phi) is 5.22. The van der Waals surface area contributed by atoms with E-state index in [0.717, 1.165) is 0 Å². The maximum atomic E-state index is 12.3. The average molecular weight is 338 g/mol. The van der Waals surface area contributed by atoms with Crippen molar-refractivity contribution in [2.24, 2.45) is 0 Å². The zero-order chi connectivity index (χ0) is 16.9. The lowest BCUT2D eigenvalue weighted by molar-refractivity contribution is 0.306. The summed E-state index contributed by atoms with van der Waals surface area (Å²) in [6.45, 7) is 4.35. The molecule has 0 aliphatic rings. The van der Waals surface area contributed by atoms with Crippen molar-refractivity contribution >= 4 is 21.7 Å². The smallest absolute Gasteiger partial charge is 0.264 e. The molecule has 0 spiro atoms. The highest BCUT2D eigenvalue weighted by Gasteiger charge is 2.17. The van der Waals surface area contributed by atoms with Crippen molar-refractivity contribution in [1.82, 2.24) is 9.97 Å². The van der Waals surface area contributed by atoms with Crippen LogP contribution in [0.5, 0.6) is 11.8 Å². The van der Waals surface area contributed by atoms with E-state index in [-0.39, 0.29) is 22.6 Å². The van der Waals surface area contributed by atoms with Gasteiger partial charge in [-0.1, -0.05) is 0 Å². The van der Waals surface area contributed by atoms with Gasteiger partial charge in [-0.2, -0.15) is 9.97 Å². The van der Waals surface area contributed by atoms with Crippen LogP contribution in [-0.4, -0.2) is 31.6 Å². The zero-order valence-electron chi connectivity index (χ0n) is 12.8. The van der Waals surface area contributed by atoms with Crippen LogP contribution in [0, 0.1) is 0 Å². The number of hydrogen-bond donors (Lipinski definition) is 2. The van der Waals surface area contributed by atoms with Crippen LogP contribution in [0.2, 0.25) is 0 Å². The number of aromatic nitrogens is 2. The van der Waals surface area contributed by atoms with Crippen LogP contribution in [0.3, 0.4) is 0 Å². The molecule has 0 bridgehead atoms. The minimum Gasteiger partial charge on any atom is -0.478 e. The number of ether oxygens (including phenoxy) is 2. The van der Waals surface area contributed by atoms with E-state index in [1.165, 1.54) is 30.3 Å². The molecule has 0 aliphatic carbocycles. The normalized spacial score (nSPS) is 11.0. The number of nitrogens with one attached hydrogen (secondary N) is 1. The van der Waals surface area contributed by atoms with E-state index in [9.17, 15) is 8.42 Å². The summed E-state index contributed by atoms with van der Waals surface area (Å²) in [5.41, 5.74) is 6.03. The number of hydrogen-bond acceptors (Lipinski definition) is 7. The number of benzene rings is 1. The molecule has 0 aliphatic heterocycles. The van der Waals surface area contributed by atoms with Crippen molar-refractivity contribution in [3.8, 4) is 11.8 Å². The lowest BCUT2D eigenvalue weighted by Crippen LogP contribution is -2.16. The van der Waals surface area contributed by atoms with Crippen LogP contribution in [0.1, 0.15) is 13.8 Å².